The first-order valence-electron chi connectivity index (χ1n) is 7.30. The van der Waals surface area contributed by atoms with Crippen LogP contribution in [0.5, 0.6) is 0 Å². The number of aryl methyl sites for hydroxylation is 2. The number of rotatable bonds is 5. The van der Waals surface area contributed by atoms with E-state index in [4.69, 9.17) is 0 Å². The van der Waals surface area contributed by atoms with Crippen LogP contribution in [-0.4, -0.2) is 35.4 Å². The van der Waals surface area contributed by atoms with E-state index >= 15 is 0 Å². The minimum absolute atomic E-state index is 0.182. The lowest BCUT2D eigenvalue weighted by atomic mass is 10.2. The first-order chi connectivity index (χ1) is 10.5. The molecule has 1 atom stereocenters. The number of benzene rings is 1. The van der Waals surface area contributed by atoms with Gasteiger partial charge in [-0.3, -0.25) is 10.00 Å². The van der Waals surface area contributed by atoms with Gasteiger partial charge in [0.25, 0.3) is 0 Å². The van der Waals surface area contributed by atoms with E-state index in [1.807, 2.05) is 38.2 Å². The summed E-state index contributed by atoms with van der Waals surface area (Å²) in [6, 6.07) is 11.9. The summed E-state index contributed by atoms with van der Waals surface area (Å²) in [7, 11) is 3.82. The van der Waals surface area contributed by atoms with Gasteiger partial charge in [-0.15, -0.1) is 0 Å². The Kier molecular flexibility index (Phi) is 5.04. The fourth-order valence-electron chi connectivity index (χ4n) is 2.18. The van der Waals surface area contributed by atoms with Gasteiger partial charge in [0.2, 0.25) is 0 Å². The van der Waals surface area contributed by atoms with E-state index in [0.717, 1.165) is 11.4 Å². The molecule has 2 aromatic rings. The fourth-order valence-corrected chi connectivity index (χ4v) is 2.18. The van der Waals surface area contributed by atoms with Crippen molar-refractivity contribution >= 4 is 17.5 Å². The van der Waals surface area contributed by atoms with Crippen molar-refractivity contribution in [2.24, 2.45) is 7.05 Å². The largest absolute Gasteiger partial charge is 0.370 e. The van der Waals surface area contributed by atoms with Gasteiger partial charge in [-0.2, -0.15) is 5.10 Å². The number of carbonyl (C=O) groups excluding carboxylic acids is 1. The maximum atomic E-state index is 12.0. The van der Waals surface area contributed by atoms with E-state index in [9.17, 15) is 4.79 Å². The molecule has 2 rings (SSSR count). The van der Waals surface area contributed by atoms with Crippen LogP contribution in [-0.2, 0) is 7.05 Å². The highest BCUT2D eigenvalue weighted by molar-refractivity contribution is 5.88. The molecule has 1 aromatic heterocycles. The Labute approximate surface area is 131 Å². The average Bonchev–Trinajstić information content (AvgIpc) is 2.82. The highest BCUT2D eigenvalue weighted by Gasteiger charge is 2.12. The summed E-state index contributed by atoms with van der Waals surface area (Å²) < 4.78 is 1.65. The predicted octanol–water partition coefficient (Wildman–Crippen LogP) is 2.37. The number of para-hydroxylation sites is 1. The number of urea groups is 1. The Morgan fingerprint density at radius 2 is 2.05 bits per heavy atom. The van der Waals surface area contributed by atoms with Crippen molar-refractivity contribution in [2.75, 3.05) is 23.8 Å². The van der Waals surface area contributed by atoms with Crippen molar-refractivity contribution in [2.45, 2.75) is 19.9 Å². The summed E-state index contributed by atoms with van der Waals surface area (Å²) in [5, 5.41) is 9.88. The molecule has 0 aliphatic rings. The number of nitrogens with zero attached hydrogens (tertiary/aromatic N) is 3. The SMILES string of the molecule is Cc1cc(NC(=O)NCC(C)N(C)c2ccccc2)n(C)n1. The summed E-state index contributed by atoms with van der Waals surface area (Å²) >= 11 is 0. The smallest absolute Gasteiger partial charge is 0.320 e. The topological polar surface area (TPSA) is 62.2 Å². The van der Waals surface area contributed by atoms with Gasteiger partial charge < -0.3 is 10.2 Å². The van der Waals surface area contributed by atoms with Crippen molar-refractivity contribution in [3.63, 3.8) is 0 Å². The van der Waals surface area contributed by atoms with E-state index in [1.165, 1.54) is 0 Å². The van der Waals surface area contributed by atoms with Gasteiger partial charge in [0.15, 0.2) is 0 Å². The summed E-state index contributed by atoms with van der Waals surface area (Å²) in [4.78, 5) is 14.1. The first kappa shape index (κ1) is 15.9. The zero-order valence-electron chi connectivity index (χ0n) is 13.5. The molecule has 0 radical (unpaired) electrons. The zero-order chi connectivity index (χ0) is 16.1. The number of carbonyl (C=O) groups is 1. The first-order valence-corrected chi connectivity index (χ1v) is 7.30. The molecule has 2 amide bonds. The lowest BCUT2D eigenvalue weighted by Crippen LogP contribution is -2.41. The molecule has 22 heavy (non-hydrogen) atoms. The monoisotopic (exact) mass is 301 g/mol. The Hall–Kier alpha value is -2.50. The Morgan fingerprint density at radius 1 is 1.36 bits per heavy atom. The van der Waals surface area contributed by atoms with Gasteiger partial charge in [-0.1, -0.05) is 18.2 Å². The molecule has 0 aliphatic carbocycles. The number of nitrogens with one attached hydrogen (secondary N) is 2. The fraction of sp³-hybridized carbons (Fsp3) is 0.375. The van der Waals surface area contributed by atoms with Crippen molar-refractivity contribution in [3.8, 4) is 0 Å². The maximum Gasteiger partial charge on any atom is 0.320 e. The van der Waals surface area contributed by atoms with Gasteiger partial charge in [0.05, 0.1) is 5.69 Å². The minimum Gasteiger partial charge on any atom is -0.370 e. The molecule has 6 heteroatoms. The van der Waals surface area contributed by atoms with Crippen LogP contribution in [0.3, 0.4) is 0 Å². The zero-order valence-corrected chi connectivity index (χ0v) is 13.5. The molecule has 2 N–H and O–H groups in total. The third kappa shape index (κ3) is 4.00. The highest BCUT2D eigenvalue weighted by atomic mass is 16.2. The molecule has 1 heterocycles. The quantitative estimate of drug-likeness (QED) is 0.891. The normalized spacial score (nSPS) is 11.8. The van der Waals surface area contributed by atoms with Gasteiger partial charge in [0, 0.05) is 38.4 Å². The number of hydrogen-bond donors (Lipinski definition) is 2. The van der Waals surface area contributed by atoms with Crippen molar-refractivity contribution in [1.29, 1.82) is 0 Å². The lowest BCUT2D eigenvalue weighted by Gasteiger charge is -2.27. The van der Waals surface area contributed by atoms with Crippen LogP contribution in [0.25, 0.3) is 0 Å². The van der Waals surface area contributed by atoms with Crippen LogP contribution in [0.4, 0.5) is 16.3 Å². The Bertz CT molecular complexity index is 623. The lowest BCUT2D eigenvalue weighted by molar-refractivity contribution is 0.251. The van der Waals surface area contributed by atoms with Gasteiger partial charge in [-0.25, -0.2) is 4.79 Å². The Morgan fingerprint density at radius 3 is 2.64 bits per heavy atom. The minimum atomic E-state index is -0.226. The molecular weight excluding hydrogens is 278 g/mol. The molecular formula is C16H23N5O. The van der Waals surface area contributed by atoms with Crippen LogP contribution in [0.15, 0.2) is 36.4 Å². The Balaban J connectivity index is 1.84. The summed E-state index contributed by atoms with van der Waals surface area (Å²) in [5.41, 5.74) is 1.99. The third-order valence-electron chi connectivity index (χ3n) is 3.63. The van der Waals surface area contributed by atoms with Crippen molar-refractivity contribution < 1.29 is 4.79 Å². The second-order valence-electron chi connectivity index (χ2n) is 5.43. The number of anilines is 2. The third-order valence-corrected chi connectivity index (χ3v) is 3.63. The van der Waals surface area contributed by atoms with Crippen molar-refractivity contribution in [1.82, 2.24) is 15.1 Å². The van der Waals surface area contributed by atoms with E-state index in [-0.39, 0.29) is 12.1 Å². The highest BCUT2D eigenvalue weighted by Crippen LogP contribution is 2.13. The maximum absolute atomic E-state index is 12.0. The molecule has 0 spiro atoms. The predicted molar refractivity (Wildman–Crippen MR) is 89.3 cm³/mol. The van der Waals surface area contributed by atoms with Crippen LogP contribution in [0.2, 0.25) is 0 Å². The molecule has 0 bridgehead atoms. The van der Waals surface area contributed by atoms with Gasteiger partial charge in [-0.05, 0) is 26.0 Å². The second-order valence-corrected chi connectivity index (χ2v) is 5.43. The molecule has 6 nitrogen and oxygen atoms in total. The standard InChI is InChI=1S/C16H23N5O/c1-12-10-15(21(4)19-12)18-16(22)17-11-13(2)20(3)14-8-6-5-7-9-14/h5-10,13H,11H2,1-4H3,(H2,17,18,22). The summed E-state index contributed by atoms with van der Waals surface area (Å²) in [5.74, 6) is 0.680. The number of likely N-dealkylation sites (N-methyl/N-ethyl adjacent to an activating group) is 1. The second kappa shape index (κ2) is 6.98. The van der Waals surface area contributed by atoms with Crippen LogP contribution in [0.1, 0.15) is 12.6 Å². The van der Waals surface area contributed by atoms with Gasteiger partial charge in [0.1, 0.15) is 5.82 Å². The number of aromatic nitrogens is 2. The molecule has 0 aliphatic heterocycles. The molecule has 0 saturated heterocycles. The molecule has 0 saturated carbocycles. The number of amides is 2. The average molecular weight is 301 g/mol. The van der Waals surface area contributed by atoms with E-state index < -0.39 is 0 Å². The van der Waals surface area contributed by atoms with Crippen LogP contribution < -0.4 is 15.5 Å². The van der Waals surface area contributed by atoms with Crippen LogP contribution >= 0.6 is 0 Å². The molecule has 1 aromatic carbocycles. The summed E-state index contributed by atoms with van der Waals surface area (Å²) in [6.45, 7) is 4.51. The molecule has 0 fully saturated rings. The number of hydrogen-bond acceptors (Lipinski definition) is 3. The summed E-state index contributed by atoms with van der Waals surface area (Å²) in [6.07, 6.45) is 0. The van der Waals surface area contributed by atoms with Crippen LogP contribution in [0, 0.1) is 6.92 Å². The van der Waals surface area contributed by atoms with E-state index in [0.29, 0.717) is 12.4 Å². The van der Waals surface area contributed by atoms with E-state index in [2.05, 4.69) is 39.7 Å². The molecule has 1 unspecified atom stereocenters. The van der Waals surface area contributed by atoms with Crippen molar-refractivity contribution in [3.05, 3.63) is 42.1 Å². The molecule has 118 valence electrons. The van der Waals surface area contributed by atoms with Gasteiger partial charge >= 0.3 is 6.03 Å². The van der Waals surface area contributed by atoms with E-state index in [1.54, 1.807) is 11.7 Å².